The van der Waals surface area contributed by atoms with Crippen molar-refractivity contribution in [3.63, 3.8) is 0 Å². The number of ether oxygens (including phenoxy) is 3. The summed E-state index contributed by atoms with van der Waals surface area (Å²) in [7, 11) is 1.56. The molecule has 0 atom stereocenters. The number of methoxy groups -OCH3 is 1. The average Bonchev–Trinajstić information content (AvgIpc) is 3.57. The number of carbonyl (C=O) groups excluding carboxylic acids is 2. The van der Waals surface area contributed by atoms with Crippen molar-refractivity contribution in [2.45, 2.75) is 26.0 Å². The van der Waals surface area contributed by atoms with E-state index >= 15 is 0 Å². The first-order chi connectivity index (χ1) is 26.9. The summed E-state index contributed by atoms with van der Waals surface area (Å²) >= 11 is 12.9. The zero-order valence-corrected chi connectivity index (χ0v) is 32.4. The molecule has 0 radical (unpaired) electrons. The Kier molecular flexibility index (Phi) is 10.9. The molecule has 17 heteroatoms. The molecule has 1 saturated heterocycles. The Morgan fingerprint density at radius 1 is 0.964 bits per heavy atom. The van der Waals surface area contributed by atoms with Crippen molar-refractivity contribution >= 4 is 52.2 Å². The van der Waals surface area contributed by atoms with Gasteiger partial charge in [0, 0.05) is 71.2 Å². The maximum Gasteiger partial charge on any atom is 0.319 e. The van der Waals surface area contributed by atoms with Crippen LogP contribution in [0.2, 0.25) is 10.0 Å². The van der Waals surface area contributed by atoms with E-state index in [9.17, 15) is 19.2 Å². The van der Waals surface area contributed by atoms with Crippen LogP contribution in [0.4, 0.5) is 21.9 Å². The molecule has 6 N–H and O–H groups in total. The lowest BCUT2D eigenvalue weighted by Crippen LogP contribution is -2.55. The first-order valence-corrected chi connectivity index (χ1v) is 18.7. The summed E-state index contributed by atoms with van der Waals surface area (Å²) in [6.07, 6.45) is 0. The van der Waals surface area contributed by atoms with Gasteiger partial charge in [0.25, 0.3) is 16.8 Å². The third kappa shape index (κ3) is 7.50. The SMILES string of the molecule is COc1cc2c(cc1-c1cccc(NC(=O)NCCNc3c(NCCN)c(=O)c3=O)c1)-c1c(c(C(=O)N3CCOCC3(C)C)nn1-c1cc(Cl)cc(Cl)c1)CO2. The zero-order chi connectivity index (χ0) is 39.7. The number of nitrogens with zero attached hydrogens (tertiary/aromatic N) is 3. The highest BCUT2D eigenvalue weighted by Gasteiger charge is 2.39. The largest absolute Gasteiger partial charge is 0.496 e. The van der Waals surface area contributed by atoms with Crippen LogP contribution in [0.1, 0.15) is 29.9 Å². The first kappa shape index (κ1) is 38.7. The number of morpholine rings is 1. The fourth-order valence-electron chi connectivity index (χ4n) is 6.89. The van der Waals surface area contributed by atoms with Gasteiger partial charge in [0.1, 0.15) is 29.5 Å². The second kappa shape index (κ2) is 15.9. The Bertz CT molecular complexity index is 2390. The molecule has 0 saturated carbocycles. The van der Waals surface area contributed by atoms with Crippen molar-refractivity contribution in [3.05, 3.63) is 96.3 Å². The Labute approximate surface area is 331 Å². The number of carbonyl (C=O) groups is 2. The Morgan fingerprint density at radius 2 is 1.70 bits per heavy atom. The fourth-order valence-corrected chi connectivity index (χ4v) is 7.40. The second-order valence-corrected chi connectivity index (χ2v) is 14.8. The standard InChI is InChI=1S/C39H40Cl2N8O7/c1-39(2)20-55-12-11-48(39)37(52)31-28-19-56-30-18-29(54-3)26(17-27(30)34(28)49(47-31)25-15-22(40)14-23(41)16-25)21-5-4-6-24(13-21)46-38(53)45-10-9-44-33-32(43-8-7-42)35(50)36(33)51/h4-6,13-18,43-44H,7-12,19-20,42H2,1-3H3,(H2,45,46,53). The molecule has 0 aliphatic carbocycles. The summed E-state index contributed by atoms with van der Waals surface area (Å²) in [6, 6.07) is 15.5. The van der Waals surface area contributed by atoms with Crippen molar-refractivity contribution in [1.29, 1.82) is 0 Å². The molecular weight excluding hydrogens is 763 g/mol. The summed E-state index contributed by atoms with van der Waals surface area (Å²) in [6.45, 7) is 6.23. The van der Waals surface area contributed by atoms with Crippen molar-refractivity contribution in [2.75, 3.05) is 69.0 Å². The number of rotatable bonds is 12. The summed E-state index contributed by atoms with van der Waals surface area (Å²) in [4.78, 5) is 52.7. The van der Waals surface area contributed by atoms with Gasteiger partial charge in [0.15, 0.2) is 5.69 Å². The number of urea groups is 1. The Hall–Kier alpha value is -5.61. The number of fused-ring (bicyclic) bond motifs is 3. The molecule has 3 heterocycles. The van der Waals surface area contributed by atoms with Crippen LogP contribution in [0.15, 0.2) is 64.2 Å². The molecule has 3 amide bonds. The molecule has 1 fully saturated rings. The highest BCUT2D eigenvalue weighted by atomic mass is 35.5. The summed E-state index contributed by atoms with van der Waals surface area (Å²) in [5, 5.41) is 17.0. The quantitative estimate of drug-likeness (QED) is 0.0855. The molecule has 4 aromatic carbocycles. The normalized spacial score (nSPS) is 14.4. The zero-order valence-electron chi connectivity index (χ0n) is 30.9. The monoisotopic (exact) mass is 802 g/mol. The van der Waals surface area contributed by atoms with E-state index in [4.69, 9.17) is 48.2 Å². The summed E-state index contributed by atoms with van der Waals surface area (Å²) in [5.41, 5.74) is 8.68. The number of nitrogens with one attached hydrogen (secondary N) is 4. The van der Waals surface area contributed by atoms with Gasteiger partial charge in [0.05, 0.1) is 37.2 Å². The van der Waals surface area contributed by atoms with Gasteiger partial charge >= 0.3 is 6.03 Å². The maximum atomic E-state index is 14.3. The minimum atomic E-state index is -0.615. The van der Waals surface area contributed by atoms with E-state index in [-0.39, 0.29) is 42.7 Å². The van der Waals surface area contributed by atoms with Crippen LogP contribution in [0.25, 0.3) is 28.1 Å². The predicted molar refractivity (Wildman–Crippen MR) is 216 cm³/mol. The third-order valence-electron chi connectivity index (χ3n) is 9.60. The number of benzene rings is 3. The van der Waals surface area contributed by atoms with Gasteiger partial charge in [-0.25, -0.2) is 9.48 Å². The van der Waals surface area contributed by atoms with E-state index in [1.54, 1.807) is 59.2 Å². The van der Waals surface area contributed by atoms with E-state index in [1.165, 1.54) is 0 Å². The lowest BCUT2D eigenvalue weighted by molar-refractivity contribution is -0.0374. The molecule has 292 valence electrons. The first-order valence-electron chi connectivity index (χ1n) is 17.9. The number of halogens is 2. The molecule has 0 spiro atoms. The Balaban J connectivity index is 1.18. The number of nitrogens with two attached hydrogens (primary N) is 1. The van der Waals surface area contributed by atoms with Gasteiger partial charge in [-0.3, -0.25) is 14.4 Å². The van der Waals surface area contributed by atoms with Crippen molar-refractivity contribution in [1.82, 2.24) is 20.0 Å². The highest BCUT2D eigenvalue weighted by molar-refractivity contribution is 6.34. The fraction of sp³-hybridized carbons (Fsp3) is 0.308. The van der Waals surface area contributed by atoms with Crippen LogP contribution in [0.5, 0.6) is 11.5 Å². The topological polar surface area (TPSA) is 191 Å². The molecule has 0 bridgehead atoms. The number of aromatic nitrogens is 2. The van der Waals surface area contributed by atoms with Gasteiger partial charge in [-0.2, -0.15) is 5.10 Å². The van der Waals surface area contributed by atoms with E-state index in [1.807, 2.05) is 26.0 Å². The summed E-state index contributed by atoms with van der Waals surface area (Å²) < 4.78 is 19.5. The number of hydrogen-bond donors (Lipinski definition) is 5. The molecular formula is C39H40Cl2N8O7. The van der Waals surface area contributed by atoms with Crippen LogP contribution < -0.4 is 47.3 Å². The van der Waals surface area contributed by atoms with E-state index in [0.717, 1.165) is 5.56 Å². The predicted octanol–water partition coefficient (Wildman–Crippen LogP) is 4.87. The van der Waals surface area contributed by atoms with Gasteiger partial charge < -0.3 is 46.1 Å². The van der Waals surface area contributed by atoms with Gasteiger partial charge in [0.2, 0.25) is 0 Å². The average molecular weight is 804 g/mol. The Morgan fingerprint density at radius 3 is 2.39 bits per heavy atom. The van der Waals surface area contributed by atoms with Crippen LogP contribution >= 0.6 is 23.2 Å². The number of anilines is 3. The molecule has 7 rings (SSSR count). The van der Waals surface area contributed by atoms with Gasteiger partial charge in [-0.1, -0.05) is 35.3 Å². The van der Waals surface area contributed by atoms with E-state index < -0.39 is 22.4 Å². The lowest BCUT2D eigenvalue weighted by Gasteiger charge is -2.41. The number of hydrogen-bond acceptors (Lipinski definition) is 11. The minimum absolute atomic E-state index is 0.0768. The molecule has 15 nitrogen and oxygen atoms in total. The molecule has 56 heavy (non-hydrogen) atoms. The van der Waals surface area contributed by atoms with Gasteiger partial charge in [-0.05, 0) is 55.8 Å². The molecule has 5 aromatic rings. The summed E-state index contributed by atoms with van der Waals surface area (Å²) in [5.74, 6) is 0.788. The van der Waals surface area contributed by atoms with Crippen molar-refractivity contribution in [2.24, 2.45) is 5.73 Å². The smallest absolute Gasteiger partial charge is 0.319 e. The number of amides is 3. The second-order valence-electron chi connectivity index (χ2n) is 13.9. The molecule has 2 aliphatic rings. The van der Waals surface area contributed by atoms with Crippen LogP contribution in [-0.2, 0) is 11.3 Å². The highest BCUT2D eigenvalue weighted by Crippen LogP contribution is 2.47. The maximum absolute atomic E-state index is 14.3. The van der Waals surface area contributed by atoms with E-state index in [2.05, 4.69) is 21.3 Å². The van der Waals surface area contributed by atoms with Crippen LogP contribution in [0, 0.1) is 0 Å². The minimum Gasteiger partial charge on any atom is -0.496 e. The van der Waals surface area contributed by atoms with E-state index in [0.29, 0.717) is 88.2 Å². The lowest BCUT2D eigenvalue weighted by atomic mass is 9.95. The van der Waals surface area contributed by atoms with Gasteiger partial charge in [-0.15, -0.1) is 0 Å². The third-order valence-corrected chi connectivity index (χ3v) is 10.0. The van der Waals surface area contributed by atoms with Crippen molar-refractivity contribution in [3.8, 4) is 39.6 Å². The molecule has 0 unspecified atom stereocenters. The van der Waals surface area contributed by atoms with Crippen LogP contribution in [-0.4, -0.2) is 85.2 Å². The molecule has 1 aromatic heterocycles. The van der Waals surface area contributed by atoms with Crippen LogP contribution in [0.3, 0.4) is 0 Å². The van der Waals surface area contributed by atoms with Crippen molar-refractivity contribution < 1.29 is 23.8 Å². The molecule has 2 aliphatic heterocycles.